The van der Waals surface area contributed by atoms with Crippen molar-refractivity contribution < 1.29 is 4.74 Å². The number of methoxy groups -OCH3 is 1. The van der Waals surface area contributed by atoms with Gasteiger partial charge in [-0.25, -0.2) is 0 Å². The number of benzene rings is 1. The molecule has 0 bridgehead atoms. The monoisotopic (exact) mass is 248 g/mol. The molecule has 0 aromatic heterocycles. The summed E-state index contributed by atoms with van der Waals surface area (Å²) in [7, 11) is 3.94. The third-order valence-electron chi connectivity index (χ3n) is 3.91. The first-order valence-corrected chi connectivity index (χ1v) is 6.76. The van der Waals surface area contributed by atoms with E-state index < -0.39 is 0 Å². The lowest BCUT2D eigenvalue weighted by Crippen LogP contribution is -2.33. The van der Waals surface area contributed by atoms with Crippen LogP contribution >= 0.6 is 0 Å². The zero-order valence-electron chi connectivity index (χ0n) is 11.6. The molecule has 1 aromatic rings. The highest BCUT2D eigenvalue weighted by Gasteiger charge is 2.25. The number of hydrogen-bond donors (Lipinski definition) is 1. The number of ether oxygens (including phenoxy) is 1. The van der Waals surface area contributed by atoms with Crippen LogP contribution in [0.3, 0.4) is 0 Å². The van der Waals surface area contributed by atoms with E-state index in [0.717, 1.165) is 25.3 Å². The van der Waals surface area contributed by atoms with Crippen LogP contribution in [0.1, 0.15) is 18.9 Å². The second-order valence-corrected chi connectivity index (χ2v) is 5.24. The maximum Gasteiger partial charge on any atom is 0.122 e. The van der Waals surface area contributed by atoms with Crippen molar-refractivity contribution in [1.29, 1.82) is 0 Å². The third kappa shape index (κ3) is 3.24. The van der Waals surface area contributed by atoms with Gasteiger partial charge in [-0.1, -0.05) is 18.2 Å². The quantitative estimate of drug-likeness (QED) is 0.861. The van der Waals surface area contributed by atoms with E-state index in [1.54, 1.807) is 7.11 Å². The van der Waals surface area contributed by atoms with E-state index in [2.05, 4.69) is 36.3 Å². The Morgan fingerprint density at radius 1 is 1.39 bits per heavy atom. The molecule has 1 N–H and O–H groups in total. The van der Waals surface area contributed by atoms with Gasteiger partial charge in [0.2, 0.25) is 0 Å². The number of likely N-dealkylation sites (tertiary alicyclic amines) is 1. The summed E-state index contributed by atoms with van der Waals surface area (Å²) < 4.78 is 5.37. The summed E-state index contributed by atoms with van der Waals surface area (Å²) in [6, 6.07) is 9.60. The Labute approximate surface area is 110 Å². The molecular weight excluding hydrogens is 224 g/mol. The highest BCUT2D eigenvalue weighted by molar-refractivity contribution is 5.33. The fourth-order valence-electron chi connectivity index (χ4n) is 2.66. The maximum absolute atomic E-state index is 5.37. The first-order valence-electron chi connectivity index (χ1n) is 6.76. The topological polar surface area (TPSA) is 24.5 Å². The van der Waals surface area contributed by atoms with Crippen molar-refractivity contribution in [3.63, 3.8) is 0 Å². The number of hydrogen-bond acceptors (Lipinski definition) is 3. The van der Waals surface area contributed by atoms with Crippen LogP contribution in [0.25, 0.3) is 0 Å². The highest BCUT2D eigenvalue weighted by atomic mass is 16.5. The Balaban J connectivity index is 1.79. The minimum Gasteiger partial charge on any atom is -0.496 e. The summed E-state index contributed by atoms with van der Waals surface area (Å²) in [5.41, 5.74) is 1.28. The summed E-state index contributed by atoms with van der Waals surface area (Å²) in [6.45, 7) is 4.47. The Kier molecular flexibility index (Phi) is 4.61. The lowest BCUT2D eigenvalue weighted by molar-refractivity contribution is 0.327. The van der Waals surface area contributed by atoms with E-state index in [9.17, 15) is 0 Å². The Bertz CT molecular complexity index is 371. The molecular formula is C15H24N2O. The molecule has 3 nitrogen and oxygen atoms in total. The molecule has 0 amide bonds. The van der Waals surface area contributed by atoms with Crippen molar-refractivity contribution in [1.82, 2.24) is 10.2 Å². The van der Waals surface area contributed by atoms with Gasteiger partial charge in [-0.15, -0.1) is 0 Å². The summed E-state index contributed by atoms with van der Waals surface area (Å²) in [5, 5.41) is 3.64. The van der Waals surface area contributed by atoms with Crippen LogP contribution in [-0.4, -0.2) is 44.2 Å². The fourth-order valence-corrected chi connectivity index (χ4v) is 2.66. The smallest absolute Gasteiger partial charge is 0.122 e. The van der Waals surface area contributed by atoms with E-state index >= 15 is 0 Å². The maximum atomic E-state index is 5.37. The number of rotatable bonds is 5. The molecule has 1 aliphatic heterocycles. The molecule has 0 radical (unpaired) electrons. The van der Waals surface area contributed by atoms with Gasteiger partial charge in [-0.3, -0.25) is 0 Å². The molecule has 3 heteroatoms. The molecule has 1 aromatic carbocycles. The van der Waals surface area contributed by atoms with Crippen molar-refractivity contribution in [2.75, 3.05) is 27.2 Å². The van der Waals surface area contributed by atoms with Gasteiger partial charge in [0.25, 0.3) is 0 Å². The van der Waals surface area contributed by atoms with Crippen molar-refractivity contribution in [2.24, 2.45) is 0 Å². The average Bonchev–Trinajstić information content (AvgIpc) is 2.69. The van der Waals surface area contributed by atoms with E-state index in [1.807, 2.05) is 12.1 Å². The van der Waals surface area contributed by atoms with Gasteiger partial charge in [-0.2, -0.15) is 0 Å². The van der Waals surface area contributed by atoms with Crippen LogP contribution in [0.2, 0.25) is 0 Å². The van der Waals surface area contributed by atoms with Gasteiger partial charge in [0, 0.05) is 18.6 Å². The minimum absolute atomic E-state index is 0.639. The number of para-hydroxylation sites is 1. The molecule has 0 aliphatic carbocycles. The number of nitrogens with one attached hydrogen (secondary N) is 1. The highest BCUT2D eigenvalue weighted by Crippen LogP contribution is 2.18. The zero-order valence-corrected chi connectivity index (χ0v) is 11.6. The van der Waals surface area contributed by atoms with Crippen LogP contribution in [-0.2, 0) is 6.42 Å². The predicted molar refractivity (Wildman–Crippen MR) is 75.2 cm³/mol. The van der Waals surface area contributed by atoms with Crippen molar-refractivity contribution in [3.05, 3.63) is 29.8 Å². The molecule has 1 fully saturated rings. The normalized spacial score (nSPS) is 24.4. The first-order chi connectivity index (χ1) is 8.70. The van der Waals surface area contributed by atoms with Crippen LogP contribution in [0.15, 0.2) is 24.3 Å². The summed E-state index contributed by atoms with van der Waals surface area (Å²) in [6.07, 6.45) is 2.28. The van der Waals surface area contributed by atoms with Gasteiger partial charge in [0.15, 0.2) is 0 Å². The largest absolute Gasteiger partial charge is 0.496 e. The standard InChI is InChI=1S/C15H24N2O/c1-12-10-14(11-17(12)2)16-9-8-13-6-4-5-7-15(13)18-3/h4-7,12,14,16H,8-11H2,1-3H3. The van der Waals surface area contributed by atoms with E-state index in [4.69, 9.17) is 4.74 Å². The Morgan fingerprint density at radius 2 is 2.17 bits per heavy atom. The predicted octanol–water partition coefficient (Wildman–Crippen LogP) is 1.92. The second-order valence-electron chi connectivity index (χ2n) is 5.24. The Morgan fingerprint density at radius 3 is 2.83 bits per heavy atom. The van der Waals surface area contributed by atoms with Crippen molar-refractivity contribution in [2.45, 2.75) is 31.8 Å². The van der Waals surface area contributed by atoms with Crippen LogP contribution in [0, 0.1) is 0 Å². The molecule has 18 heavy (non-hydrogen) atoms. The molecule has 0 saturated carbocycles. The molecule has 1 saturated heterocycles. The number of likely N-dealkylation sites (N-methyl/N-ethyl adjacent to an activating group) is 1. The summed E-state index contributed by atoms with van der Waals surface area (Å²) >= 11 is 0. The molecule has 1 aliphatic rings. The Hall–Kier alpha value is -1.06. The molecule has 2 rings (SSSR count). The van der Waals surface area contributed by atoms with E-state index in [1.165, 1.54) is 12.0 Å². The van der Waals surface area contributed by atoms with E-state index in [0.29, 0.717) is 12.1 Å². The molecule has 2 atom stereocenters. The molecule has 1 heterocycles. The average molecular weight is 248 g/mol. The summed E-state index contributed by atoms with van der Waals surface area (Å²) in [5.74, 6) is 0.996. The molecule has 0 spiro atoms. The van der Waals surface area contributed by atoms with Gasteiger partial charge in [0.05, 0.1) is 7.11 Å². The summed E-state index contributed by atoms with van der Waals surface area (Å²) in [4.78, 5) is 2.42. The number of nitrogens with zero attached hydrogens (tertiary/aromatic N) is 1. The lowest BCUT2D eigenvalue weighted by atomic mass is 10.1. The van der Waals surface area contributed by atoms with Crippen LogP contribution in [0.5, 0.6) is 5.75 Å². The molecule has 2 unspecified atom stereocenters. The minimum atomic E-state index is 0.639. The van der Waals surface area contributed by atoms with Crippen molar-refractivity contribution in [3.8, 4) is 5.75 Å². The zero-order chi connectivity index (χ0) is 13.0. The first kappa shape index (κ1) is 13.4. The van der Waals surface area contributed by atoms with Gasteiger partial charge in [-0.05, 0) is 45.0 Å². The van der Waals surface area contributed by atoms with E-state index in [-0.39, 0.29) is 0 Å². The third-order valence-corrected chi connectivity index (χ3v) is 3.91. The van der Waals surface area contributed by atoms with Crippen LogP contribution in [0.4, 0.5) is 0 Å². The SMILES string of the molecule is COc1ccccc1CCNC1CC(C)N(C)C1. The van der Waals surface area contributed by atoms with Gasteiger partial charge in [0.1, 0.15) is 5.75 Å². The lowest BCUT2D eigenvalue weighted by Gasteiger charge is -2.14. The van der Waals surface area contributed by atoms with Gasteiger partial charge >= 0.3 is 0 Å². The fraction of sp³-hybridized carbons (Fsp3) is 0.600. The molecule has 100 valence electrons. The van der Waals surface area contributed by atoms with Crippen LogP contribution < -0.4 is 10.1 Å². The van der Waals surface area contributed by atoms with Crippen molar-refractivity contribution >= 4 is 0 Å². The van der Waals surface area contributed by atoms with Gasteiger partial charge < -0.3 is 15.0 Å². The second kappa shape index (κ2) is 6.21.